The maximum atomic E-state index is 10.5. The number of benzene rings is 2. The van der Waals surface area contributed by atoms with Gasteiger partial charge in [0.15, 0.2) is 0 Å². The second-order valence-electron chi connectivity index (χ2n) is 6.12. The van der Waals surface area contributed by atoms with E-state index in [-0.39, 0.29) is 12.4 Å². The average Bonchev–Trinajstić information content (AvgIpc) is 3.08. The van der Waals surface area contributed by atoms with Gasteiger partial charge in [0.25, 0.3) is 0 Å². The molecule has 0 bridgehead atoms. The lowest BCUT2D eigenvalue weighted by Gasteiger charge is -2.20. The minimum absolute atomic E-state index is 0. The van der Waals surface area contributed by atoms with E-state index >= 15 is 0 Å². The Kier molecular flexibility index (Phi) is 6.93. The fourth-order valence-electron chi connectivity index (χ4n) is 3.02. The normalized spacial score (nSPS) is 17.1. The molecule has 2 aromatic rings. The molecule has 1 saturated carbocycles. The Morgan fingerprint density at radius 3 is 2.08 bits per heavy atom. The summed E-state index contributed by atoms with van der Waals surface area (Å²) in [5.74, 6) is 0.855. The third kappa shape index (κ3) is 4.64. The van der Waals surface area contributed by atoms with E-state index in [1.165, 1.54) is 12.8 Å². The van der Waals surface area contributed by atoms with Crippen LogP contribution in [0.5, 0.6) is 5.75 Å². The van der Waals surface area contributed by atoms with Crippen molar-refractivity contribution in [1.29, 1.82) is 0 Å². The van der Waals surface area contributed by atoms with Crippen molar-refractivity contribution >= 4 is 24.0 Å². The molecule has 2 atom stereocenters. The zero-order valence-electron chi connectivity index (χ0n) is 13.4. The Hall–Kier alpha value is -1.26. The first-order valence-electron chi connectivity index (χ1n) is 8.09. The number of halogens is 2. The smallest absolute Gasteiger partial charge is 0.119 e. The van der Waals surface area contributed by atoms with Crippen LogP contribution in [-0.4, -0.2) is 11.2 Å². The molecule has 24 heavy (non-hydrogen) atoms. The maximum Gasteiger partial charge on any atom is 0.119 e. The highest BCUT2D eigenvalue weighted by atomic mass is 35.5. The summed E-state index contributed by atoms with van der Waals surface area (Å²) in [7, 11) is 0. The van der Waals surface area contributed by atoms with Crippen LogP contribution >= 0.6 is 24.0 Å². The van der Waals surface area contributed by atoms with Crippen molar-refractivity contribution in [3.63, 3.8) is 0 Å². The monoisotopic (exact) mass is 367 g/mol. The first kappa shape index (κ1) is 19.1. The predicted molar refractivity (Wildman–Crippen MR) is 99.9 cm³/mol. The Balaban J connectivity index is 0.00000208. The number of nitrogens with two attached hydrogens (primary N) is 1. The summed E-state index contributed by atoms with van der Waals surface area (Å²) < 4.78 is 5.94. The van der Waals surface area contributed by atoms with Gasteiger partial charge in [-0.3, -0.25) is 0 Å². The summed E-state index contributed by atoms with van der Waals surface area (Å²) in [5, 5.41) is 11.1. The van der Waals surface area contributed by atoms with Gasteiger partial charge >= 0.3 is 0 Å². The fourth-order valence-corrected chi connectivity index (χ4v) is 3.14. The zero-order chi connectivity index (χ0) is 16.2. The van der Waals surface area contributed by atoms with Crippen molar-refractivity contribution in [2.75, 3.05) is 0 Å². The molecular formula is C19H23Cl2NO2. The van der Waals surface area contributed by atoms with Crippen LogP contribution in [0, 0.1) is 0 Å². The molecular weight excluding hydrogens is 345 g/mol. The molecule has 2 aromatic carbocycles. The molecule has 130 valence electrons. The lowest BCUT2D eigenvalue weighted by Crippen LogP contribution is -2.19. The van der Waals surface area contributed by atoms with Gasteiger partial charge in [-0.2, -0.15) is 0 Å². The predicted octanol–water partition coefficient (Wildman–Crippen LogP) is 4.82. The van der Waals surface area contributed by atoms with E-state index in [1.54, 1.807) is 12.1 Å². The molecule has 1 aliphatic rings. The SMILES string of the molecule is Cl.NC(c1ccc(Cl)cc1)C(O)c1ccc(OC2CCCC2)cc1. The highest BCUT2D eigenvalue weighted by Crippen LogP contribution is 2.30. The number of hydrogen-bond acceptors (Lipinski definition) is 3. The van der Waals surface area contributed by atoms with Gasteiger partial charge in [0, 0.05) is 5.02 Å². The summed E-state index contributed by atoms with van der Waals surface area (Å²) >= 11 is 5.88. The number of hydrogen-bond donors (Lipinski definition) is 2. The number of aliphatic hydroxyl groups is 1. The number of rotatable bonds is 5. The molecule has 3 N–H and O–H groups in total. The second kappa shape index (κ2) is 8.72. The van der Waals surface area contributed by atoms with Gasteiger partial charge in [-0.05, 0) is 61.1 Å². The Bertz CT molecular complexity index is 625. The summed E-state index contributed by atoms with van der Waals surface area (Å²) in [6.07, 6.45) is 4.32. The van der Waals surface area contributed by atoms with Crippen LogP contribution in [-0.2, 0) is 0 Å². The largest absolute Gasteiger partial charge is 0.490 e. The van der Waals surface area contributed by atoms with Gasteiger partial charge in [0.05, 0.1) is 18.2 Å². The zero-order valence-corrected chi connectivity index (χ0v) is 15.0. The lowest BCUT2D eigenvalue weighted by molar-refractivity contribution is 0.146. The molecule has 3 rings (SSSR count). The molecule has 0 spiro atoms. The van der Waals surface area contributed by atoms with Gasteiger partial charge in [-0.1, -0.05) is 35.9 Å². The summed E-state index contributed by atoms with van der Waals surface area (Å²) in [5.41, 5.74) is 7.80. The lowest BCUT2D eigenvalue weighted by atomic mass is 9.96. The quantitative estimate of drug-likeness (QED) is 0.796. The first-order chi connectivity index (χ1) is 11.1. The van der Waals surface area contributed by atoms with E-state index in [2.05, 4.69) is 0 Å². The van der Waals surface area contributed by atoms with Crippen molar-refractivity contribution < 1.29 is 9.84 Å². The molecule has 0 amide bonds. The van der Waals surface area contributed by atoms with Crippen LogP contribution in [0.4, 0.5) is 0 Å². The van der Waals surface area contributed by atoms with Crippen LogP contribution in [0.3, 0.4) is 0 Å². The van der Waals surface area contributed by atoms with E-state index in [1.807, 2.05) is 36.4 Å². The van der Waals surface area contributed by atoms with Crippen LogP contribution < -0.4 is 10.5 Å². The van der Waals surface area contributed by atoms with Crippen LogP contribution in [0.15, 0.2) is 48.5 Å². The van der Waals surface area contributed by atoms with Gasteiger partial charge in [0.2, 0.25) is 0 Å². The number of ether oxygens (including phenoxy) is 1. The standard InChI is InChI=1S/C19H22ClNO2.ClH/c20-15-9-5-13(6-10-15)18(21)19(22)14-7-11-17(12-8-14)23-16-3-1-2-4-16;/h5-12,16,18-19,22H,1-4,21H2;1H. The molecule has 0 aromatic heterocycles. The van der Waals surface area contributed by atoms with Crippen molar-refractivity contribution in [1.82, 2.24) is 0 Å². The van der Waals surface area contributed by atoms with Crippen molar-refractivity contribution in [2.24, 2.45) is 5.73 Å². The highest BCUT2D eigenvalue weighted by Gasteiger charge is 2.20. The van der Waals surface area contributed by atoms with E-state index in [4.69, 9.17) is 22.1 Å². The van der Waals surface area contributed by atoms with Crippen molar-refractivity contribution in [3.8, 4) is 5.75 Å². The Labute approximate surface area is 154 Å². The van der Waals surface area contributed by atoms with Crippen LogP contribution in [0.25, 0.3) is 0 Å². The minimum atomic E-state index is -0.767. The van der Waals surface area contributed by atoms with Gasteiger partial charge in [-0.25, -0.2) is 0 Å². The second-order valence-corrected chi connectivity index (χ2v) is 6.55. The van der Waals surface area contributed by atoms with Crippen molar-refractivity contribution in [3.05, 3.63) is 64.7 Å². The molecule has 2 unspecified atom stereocenters. The minimum Gasteiger partial charge on any atom is -0.490 e. The summed E-state index contributed by atoms with van der Waals surface area (Å²) in [6.45, 7) is 0. The molecule has 1 fully saturated rings. The third-order valence-electron chi connectivity index (χ3n) is 4.42. The van der Waals surface area contributed by atoms with E-state index in [0.29, 0.717) is 11.1 Å². The molecule has 0 aliphatic heterocycles. The topological polar surface area (TPSA) is 55.5 Å². The highest BCUT2D eigenvalue weighted by molar-refractivity contribution is 6.30. The van der Waals surface area contributed by atoms with Gasteiger partial charge in [0.1, 0.15) is 5.75 Å². The third-order valence-corrected chi connectivity index (χ3v) is 4.67. The molecule has 5 heteroatoms. The molecule has 1 aliphatic carbocycles. The fraction of sp³-hybridized carbons (Fsp3) is 0.368. The van der Waals surface area contributed by atoms with Gasteiger partial charge < -0.3 is 15.6 Å². The van der Waals surface area contributed by atoms with Crippen molar-refractivity contribution in [2.45, 2.75) is 43.9 Å². The Morgan fingerprint density at radius 1 is 0.958 bits per heavy atom. The molecule has 3 nitrogen and oxygen atoms in total. The molecule has 0 radical (unpaired) electrons. The van der Waals surface area contributed by atoms with Crippen LogP contribution in [0.2, 0.25) is 5.02 Å². The first-order valence-corrected chi connectivity index (χ1v) is 8.47. The Morgan fingerprint density at radius 2 is 1.50 bits per heavy atom. The number of aliphatic hydroxyl groups excluding tert-OH is 1. The molecule has 0 heterocycles. The molecule has 0 saturated heterocycles. The summed E-state index contributed by atoms with van der Waals surface area (Å²) in [6, 6.07) is 14.3. The van der Waals surface area contributed by atoms with Crippen LogP contribution in [0.1, 0.15) is 49.0 Å². The van der Waals surface area contributed by atoms with E-state index in [9.17, 15) is 5.11 Å². The van der Waals surface area contributed by atoms with E-state index < -0.39 is 12.1 Å². The maximum absolute atomic E-state index is 10.5. The average molecular weight is 368 g/mol. The van der Waals surface area contributed by atoms with E-state index in [0.717, 1.165) is 29.7 Å². The summed E-state index contributed by atoms with van der Waals surface area (Å²) in [4.78, 5) is 0. The van der Waals surface area contributed by atoms with Gasteiger partial charge in [-0.15, -0.1) is 12.4 Å².